The fraction of sp³-hybridized carbons (Fsp3) is 0.192. The Morgan fingerprint density at radius 2 is 1.30 bits per heavy atom. The third-order valence-corrected chi connectivity index (χ3v) is 5.69. The van der Waals surface area contributed by atoms with Crippen LogP contribution < -0.4 is 20.9 Å². The third kappa shape index (κ3) is 4.72. The smallest absolute Gasteiger partial charge is 0.241 e. The highest BCUT2D eigenvalue weighted by molar-refractivity contribution is 5.75. The largest absolute Gasteiger partial charge is 0.397 e. The molecule has 4 aromatic rings. The summed E-state index contributed by atoms with van der Waals surface area (Å²) in [5.74, 6) is 1.70. The van der Waals surface area contributed by atoms with Crippen molar-refractivity contribution in [3.05, 3.63) is 84.9 Å². The second-order valence-electron chi connectivity index (χ2n) is 8.03. The van der Waals surface area contributed by atoms with Crippen molar-refractivity contribution in [2.75, 3.05) is 33.9 Å². The predicted octanol–water partition coefficient (Wildman–Crippen LogP) is 5.66. The maximum atomic E-state index is 6.17. The van der Waals surface area contributed by atoms with Gasteiger partial charge < -0.3 is 16.0 Å². The van der Waals surface area contributed by atoms with Gasteiger partial charge in [-0.2, -0.15) is 15.0 Å². The van der Waals surface area contributed by atoms with Crippen molar-refractivity contribution in [1.29, 1.82) is 0 Å². The third-order valence-electron chi connectivity index (χ3n) is 5.69. The number of aromatic nitrogens is 3. The van der Waals surface area contributed by atoms with Gasteiger partial charge in [0, 0.05) is 24.5 Å². The van der Waals surface area contributed by atoms with Crippen molar-refractivity contribution in [2.45, 2.75) is 19.3 Å². The Labute approximate surface area is 193 Å². The van der Waals surface area contributed by atoms with Crippen molar-refractivity contribution in [3.8, 4) is 0 Å². The molecule has 3 N–H and O–H groups in total. The number of hydrogen-bond acceptors (Lipinski definition) is 7. The van der Waals surface area contributed by atoms with E-state index in [2.05, 4.69) is 39.4 Å². The van der Waals surface area contributed by atoms with E-state index in [0.717, 1.165) is 43.0 Å². The van der Waals surface area contributed by atoms with Gasteiger partial charge in [0.1, 0.15) is 0 Å². The summed E-state index contributed by atoms with van der Waals surface area (Å²) in [6, 6.07) is 27.9. The fourth-order valence-corrected chi connectivity index (χ4v) is 4.01. The molecular formula is C26H27N7. The number of benzene rings is 3. The second kappa shape index (κ2) is 9.56. The highest BCUT2D eigenvalue weighted by Crippen LogP contribution is 2.34. The topological polar surface area (TPSA) is 83.2 Å². The standard InChI is InChI=1S/C26H27N7/c27-22-16-8-9-17-23(22)28-24-29-25(32-18-10-3-11-19-32)31-26(30-24)33(20-12-4-1-5-13-20)21-14-6-2-7-15-21/h1-2,4-9,12-17H,3,10-11,18-19,27H2,(H,28,29,30,31). The number of anilines is 7. The van der Waals surface area contributed by atoms with Crippen LogP contribution in [0.5, 0.6) is 0 Å². The molecule has 7 heteroatoms. The molecule has 0 atom stereocenters. The van der Waals surface area contributed by atoms with Gasteiger partial charge in [-0.3, -0.25) is 4.90 Å². The van der Waals surface area contributed by atoms with Crippen LogP contribution in [0.15, 0.2) is 84.9 Å². The van der Waals surface area contributed by atoms with Crippen LogP contribution in [0.2, 0.25) is 0 Å². The molecule has 0 aliphatic carbocycles. The normalized spacial score (nSPS) is 13.5. The molecule has 5 rings (SSSR count). The first kappa shape index (κ1) is 20.8. The predicted molar refractivity (Wildman–Crippen MR) is 135 cm³/mol. The lowest BCUT2D eigenvalue weighted by molar-refractivity contribution is 0.568. The first-order valence-electron chi connectivity index (χ1n) is 11.3. The van der Waals surface area contributed by atoms with Gasteiger partial charge in [-0.05, 0) is 55.7 Å². The average molecular weight is 438 g/mol. The molecule has 0 spiro atoms. The molecule has 166 valence electrons. The molecule has 7 nitrogen and oxygen atoms in total. The Morgan fingerprint density at radius 3 is 1.94 bits per heavy atom. The first-order chi connectivity index (χ1) is 16.3. The van der Waals surface area contributed by atoms with Gasteiger partial charge in [0.25, 0.3) is 0 Å². The molecule has 1 aliphatic rings. The Morgan fingerprint density at radius 1 is 0.697 bits per heavy atom. The number of nitrogens with one attached hydrogen (secondary N) is 1. The SMILES string of the molecule is Nc1ccccc1Nc1nc(N2CCCCC2)nc(N(c2ccccc2)c2ccccc2)n1. The summed E-state index contributed by atoms with van der Waals surface area (Å²) in [5.41, 5.74) is 9.54. The molecular weight excluding hydrogens is 410 g/mol. The quantitative estimate of drug-likeness (QED) is 0.377. The summed E-state index contributed by atoms with van der Waals surface area (Å²) >= 11 is 0. The molecule has 1 fully saturated rings. The molecule has 2 heterocycles. The number of nitrogens with two attached hydrogens (primary N) is 1. The highest BCUT2D eigenvalue weighted by Gasteiger charge is 2.21. The van der Waals surface area contributed by atoms with Crippen LogP contribution in [0.3, 0.4) is 0 Å². The van der Waals surface area contributed by atoms with Crippen LogP contribution in [0.1, 0.15) is 19.3 Å². The molecule has 0 bridgehead atoms. The van der Waals surface area contributed by atoms with Gasteiger partial charge in [-0.1, -0.05) is 48.5 Å². The van der Waals surface area contributed by atoms with Crippen molar-refractivity contribution >= 4 is 40.6 Å². The van der Waals surface area contributed by atoms with Crippen LogP contribution in [0.4, 0.5) is 40.6 Å². The average Bonchev–Trinajstić information content (AvgIpc) is 2.87. The van der Waals surface area contributed by atoms with Crippen LogP contribution in [-0.4, -0.2) is 28.0 Å². The van der Waals surface area contributed by atoms with Crippen molar-refractivity contribution in [2.24, 2.45) is 0 Å². The molecule has 0 amide bonds. The van der Waals surface area contributed by atoms with E-state index in [4.69, 9.17) is 20.7 Å². The van der Waals surface area contributed by atoms with E-state index in [1.165, 1.54) is 6.42 Å². The zero-order valence-electron chi connectivity index (χ0n) is 18.4. The molecule has 0 unspecified atom stereocenters. The fourth-order valence-electron chi connectivity index (χ4n) is 4.01. The van der Waals surface area contributed by atoms with E-state index in [1.54, 1.807) is 0 Å². The summed E-state index contributed by atoms with van der Waals surface area (Å²) < 4.78 is 0. The van der Waals surface area contributed by atoms with Gasteiger partial charge in [0.05, 0.1) is 11.4 Å². The molecule has 1 aliphatic heterocycles. The van der Waals surface area contributed by atoms with Crippen molar-refractivity contribution in [1.82, 2.24) is 15.0 Å². The molecule has 0 saturated carbocycles. The minimum atomic E-state index is 0.468. The number of hydrogen-bond donors (Lipinski definition) is 2. The van der Waals surface area contributed by atoms with E-state index < -0.39 is 0 Å². The van der Waals surface area contributed by atoms with Gasteiger partial charge in [-0.15, -0.1) is 0 Å². The van der Waals surface area contributed by atoms with Gasteiger partial charge in [0.15, 0.2) is 0 Å². The van der Waals surface area contributed by atoms with E-state index in [0.29, 0.717) is 23.5 Å². The lowest BCUT2D eigenvalue weighted by Gasteiger charge is -2.29. The summed E-state index contributed by atoms with van der Waals surface area (Å²) in [4.78, 5) is 18.8. The zero-order valence-corrected chi connectivity index (χ0v) is 18.4. The first-order valence-corrected chi connectivity index (χ1v) is 11.3. The number of rotatable bonds is 6. The molecule has 3 aromatic carbocycles. The van der Waals surface area contributed by atoms with Crippen molar-refractivity contribution < 1.29 is 0 Å². The minimum absolute atomic E-state index is 0.468. The number of para-hydroxylation sites is 4. The lowest BCUT2D eigenvalue weighted by atomic mass is 10.1. The van der Waals surface area contributed by atoms with Crippen LogP contribution in [0.25, 0.3) is 0 Å². The van der Waals surface area contributed by atoms with Crippen molar-refractivity contribution in [3.63, 3.8) is 0 Å². The summed E-state index contributed by atoms with van der Waals surface area (Å²) in [5, 5.41) is 3.31. The van der Waals surface area contributed by atoms with Gasteiger partial charge in [0.2, 0.25) is 17.8 Å². The summed E-state index contributed by atoms with van der Waals surface area (Å²) in [7, 11) is 0. The maximum Gasteiger partial charge on any atom is 0.241 e. The van der Waals surface area contributed by atoms with Crippen LogP contribution >= 0.6 is 0 Å². The van der Waals surface area contributed by atoms with E-state index in [-0.39, 0.29) is 0 Å². The van der Waals surface area contributed by atoms with Crippen LogP contribution in [0, 0.1) is 0 Å². The van der Waals surface area contributed by atoms with Gasteiger partial charge in [-0.25, -0.2) is 0 Å². The maximum absolute atomic E-state index is 6.17. The number of nitrogens with zero attached hydrogens (tertiary/aromatic N) is 5. The van der Waals surface area contributed by atoms with E-state index in [1.807, 2.05) is 60.7 Å². The number of piperidine rings is 1. The second-order valence-corrected chi connectivity index (χ2v) is 8.03. The molecule has 1 saturated heterocycles. The number of nitrogen functional groups attached to an aromatic ring is 1. The zero-order chi connectivity index (χ0) is 22.5. The van der Waals surface area contributed by atoms with E-state index >= 15 is 0 Å². The monoisotopic (exact) mass is 437 g/mol. The van der Waals surface area contributed by atoms with Gasteiger partial charge >= 0.3 is 0 Å². The molecule has 1 aromatic heterocycles. The Kier molecular flexibility index (Phi) is 6.01. The molecule has 33 heavy (non-hydrogen) atoms. The highest BCUT2D eigenvalue weighted by atomic mass is 15.4. The Balaban J connectivity index is 1.63. The van der Waals surface area contributed by atoms with Crippen LogP contribution in [-0.2, 0) is 0 Å². The summed E-state index contributed by atoms with van der Waals surface area (Å²) in [6.45, 7) is 1.88. The Hall–Kier alpha value is -4.13. The van der Waals surface area contributed by atoms with E-state index in [9.17, 15) is 0 Å². The Bertz CT molecular complexity index is 1150. The lowest BCUT2D eigenvalue weighted by Crippen LogP contribution is -2.31. The summed E-state index contributed by atoms with van der Waals surface area (Å²) in [6.07, 6.45) is 3.51. The minimum Gasteiger partial charge on any atom is -0.397 e. The molecule has 0 radical (unpaired) electrons.